The highest BCUT2D eigenvalue weighted by atomic mass is 16.5. The lowest BCUT2D eigenvalue weighted by molar-refractivity contribution is -0.154. The molecule has 0 aromatic heterocycles. The second kappa shape index (κ2) is 8.46. The van der Waals surface area contributed by atoms with Gasteiger partial charge in [0.2, 0.25) is 5.91 Å². The molecule has 0 radical (unpaired) electrons. The maximum absolute atomic E-state index is 13.1. The van der Waals surface area contributed by atoms with Gasteiger partial charge in [-0.15, -0.1) is 0 Å². The summed E-state index contributed by atoms with van der Waals surface area (Å²) in [6.07, 6.45) is 8.25. The number of likely N-dealkylation sites (tertiary alicyclic amines) is 1. The summed E-state index contributed by atoms with van der Waals surface area (Å²) < 4.78 is 5.37. The Bertz CT molecular complexity index is 791. The highest BCUT2D eigenvalue weighted by Gasteiger charge is 2.53. The highest BCUT2D eigenvalue weighted by Crippen LogP contribution is 2.45. The van der Waals surface area contributed by atoms with Crippen LogP contribution >= 0.6 is 0 Å². The zero-order valence-corrected chi connectivity index (χ0v) is 16.2. The van der Waals surface area contributed by atoms with E-state index in [2.05, 4.69) is 24.3 Å². The molecule has 1 aromatic rings. The monoisotopic (exact) mass is 380 g/mol. The van der Waals surface area contributed by atoms with Gasteiger partial charge in [0.25, 0.3) is 0 Å². The largest absolute Gasteiger partial charge is 0.394 e. The minimum atomic E-state index is -0.516. The van der Waals surface area contributed by atoms with E-state index in [4.69, 9.17) is 4.74 Å². The van der Waals surface area contributed by atoms with Gasteiger partial charge in [-0.2, -0.15) is 5.26 Å². The van der Waals surface area contributed by atoms with Crippen LogP contribution in [0.15, 0.2) is 30.3 Å². The number of rotatable bonds is 4. The van der Waals surface area contributed by atoms with Crippen LogP contribution in [0.2, 0.25) is 0 Å². The van der Waals surface area contributed by atoms with E-state index in [1.807, 2.05) is 12.1 Å². The van der Waals surface area contributed by atoms with Gasteiger partial charge in [0.1, 0.15) is 6.04 Å². The number of aliphatic hydroxyl groups is 1. The van der Waals surface area contributed by atoms with Crippen molar-refractivity contribution in [3.05, 3.63) is 41.5 Å². The van der Waals surface area contributed by atoms with E-state index in [1.165, 1.54) is 24.0 Å². The highest BCUT2D eigenvalue weighted by molar-refractivity contribution is 5.82. The molecule has 0 unspecified atom stereocenters. The Hall–Kier alpha value is -2.16. The van der Waals surface area contributed by atoms with Gasteiger partial charge in [-0.3, -0.25) is 4.79 Å². The second-order valence-electron chi connectivity index (χ2n) is 8.04. The van der Waals surface area contributed by atoms with Crippen LogP contribution in [0.5, 0.6) is 0 Å². The van der Waals surface area contributed by atoms with Crippen LogP contribution in [0.3, 0.4) is 0 Å². The summed E-state index contributed by atoms with van der Waals surface area (Å²) in [5, 5.41) is 20.0. The van der Waals surface area contributed by atoms with E-state index in [0.717, 1.165) is 18.4 Å². The minimum absolute atomic E-state index is 0.000451. The molecule has 2 heterocycles. The molecule has 1 N–H and O–H groups in total. The van der Waals surface area contributed by atoms with E-state index in [1.54, 1.807) is 4.90 Å². The lowest BCUT2D eigenvalue weighted by Gasteiger charge is -2.53. The molecule has 1 aliphatic carbocycles. The molecule has 0 bridgehead atoms. The summed E-state index contributed by atoms with van der Waals surface area (Å²) in [5.74, 6) is -0.242. The Kier molecular flexibility index (Phi) is 5.79. The third-order valence-electron chi connectivity index (χ3n) is 6.51. The van der Waals surface area contributed by atoms with Gasteiger partial charge in [0.05, 0.1) is 18.7 Å². The molecule has 148 valence electrons. The Morgan fingerprint density at radius 2 is 2.04 bits per heavy atom. The first kappa shape index (κ1) is 19.2. The molecule has 28 heavy (non-hydrogen) atoms. The van der Waals surface area contributed by atoms with Crippen molar-refractivity contribution in [2.75, 3.05) is 19.8 Å². The average molecular weight is 380 g/mol. The van der Waals surface area contributed by atoms with Crippen LogP contribution in [-0.4, -0.2) is 47.8 Å². The number of carbonyl (C=O) groups excluding carboxylic acids is 1. The quantitative estimate of drug-likeness (QED) is 0.870. The van der Waals surface area contributed by atoms with E-state index in [0.29, 0.717) is 26.1 Å². The minimum Gasteiger partial charge on any atom is -0.394 e. The Morgan fingerprint density at radius 3 is 2.71 bits per heavy atom. The van der Waals surface area contributed by atoms with E-state index in [-0.39, 0.29) is 30.4 Å². The summed E-state index contributed by atoms with van der Waals surface area (Å²) in [6, 6.07) is 9.73. The predicted molar refractivity (Wildman–Crippen MR) is 106 cm³/mol. The molecule has 1 amide bonds. The summed E-state index contributed by atoms with van der Waals surface area (Å²) in [7, 11) is 0. The SMILES string of the molecule is N#C[C@@H]1[C@H](c2ccccc2C2=CCCCC2)[C@@H](CO)N1C(=O)C1CCOCC1. The van der Waals surface area contributed by atoms with E-state index >= 15 is 0 Å². The predicted octanol–water partition coefficient (Wildman–Crippen LogP) is 3.25. The fourth-order valence-corrected chi connectivity index (χ4v) is 5.00. The van der Waals surface area contributed by atoms with Crippen molar-refractivity contribution in [2.24, 2.45) is 5.92 Å². The molecule has 3 atom stereocenters. The first-order chi connectivity index (χ1) is 13.8. The molecule has 2 aliphatic heterocycles. The van der Waals surface area contributed by atoms with Gasteiger partial charge in [0.15, 0.2) is 0 Å². The normalized spacial score (nSPS) is 28.2. The van der Waals surface area contributed by atoms with E-state index < -0.39 is 6.04 Å². The number of benzene rings is 1. The van der Waals surface area contributed by atoms with Crippen LogP contribution in [0.4, 0.5) is 0 Å². The topological polar surface area (TPSA) is 73.6 Å². The first-order valence-electron chi connectivity index (χ1n) is 10.4. The number of ether oxygens (including phenoxy) is 1. The summed E-state index contributed by atoms with van der Waals surface area (Å²) in [6.45, 7) is 1.06. The summed E-state index contributed by atoms with van der Waals surface area (Å²) in [5.41, 5.74) is 3.62. The van der Waals surface area contributed by atoms with Crippen molar-refractivity contribution < 1.29 is 14.6 Å². The van der Waals surface area contributed by atoms with Crippen LogP contribution in [-0.2, 0) is 9.53 Å². The van der Waals surface area contributed by atoms with Crippen LogP contribution < -0.4 is 0 Å². The number of hydrogen-bond acceptors (Lipinski definition) is 4. The molecule has 1 aromatic carbocycles. The Balaban J connectivity index is 1.63. The smallest absolute Gasteiger partial charge is 0.227 e. The van der Waals surface area contributed by atoms with Gasteiger partial charge < -0.3 is 14.7 Å². The number of carbonyl (C=O) groups is 1. The zero-order valence-electron chi connectivity index (χ0n) is 16.2. The standard InChI is InChI=1S/C23H28N2O3/c24-14-20-22(19-9-5-4-8-18(19)16-6-2-1-3-7-16)21(15-26)25(20)23(27)17-10-12-28-13-11-17/h4-6,8-9,17,20-22,26H,1-3,7,10-13,15H2/t20-,21-,22+/m1/s1. The third-order valence-corrected chi connectivity index (χ3v) is 6.51. The van der Waals surface area contributed by atoms with Gasteiger partial charge in [-0.1, -0.05) is 30.3 Å². The summed E-state index contributed by atoms with van der Waals surface area (Å²) in [4.78, 5) is 14.7. The molecular weight excluding hydrogens is 352 g/mol. The fourth-order valence-electron chi connectivity index (χ4n) is 5.00. The Labute approximate surface area is 166 Å². The second-order valence-corrected chi connectivity index (χ2v) is 8.04. The molecule has 0 spiro atoms. The lowest BCUT2D eigenvalue weighted by atomic mass is 9.72. The van der Waals surface area contributed by atoms with Crippen molar-refractivity contribution in [2.45, 2.75) is 56.5 Å². The van der Waals surface area contributed by atoms with Crippen LogP contribution in [0.25, 0.3) is 5.57 Å². The molecule has 0 saturated carbocycles. The fraction of sp³-hybridized carbons (Fsp3) is 0.565. The van der Waals surface area contributed by atoms with Crippen LogP contribution in [0.1, 0.15) is 55.6 Å². The van der Waals surface area contributed by atoms with Crippen molar-refractivity contribution in [3.63, 3.8) is 0 Å². The maximum atomic E-state index is 13.1. The lowest BCUT2D eigenvalue weighted by Crippen LogP contribution is -2.66. The number of allylic oxidation sites excluding steroid dienone is 2. The number of amides is 1. The summed E-state index contributed by atoms with van der Waals surface area (Å²) >= 11 is 0. The van der Waals surface area contributed by atoms with Crippen molar-refractivity contribution >= 4 is 11.5 Å². The van der Waals surface area contributed by atoms with Gasteiger partial charge in [0, 0.05) is 25.0 Å². The first-order valence-corrected chi connectivity index (χ1v) is 10.4. The molecule has 3 aliphatic rings. The van der Waals surface area contributed by atoms with Gasteiger partial charge in [-0.05, 0) is 55.2 Å². The number of nitrogens with zero attached hydrogens (tertiary/aromatic N) is 2. The number of hydrogen-bond donors (Lipinski definition) is 1. The number of nitriles is 1. The number of aliphatic hydroxyl groups excluding tert-OH is 1. The molecule has 4 rings (SSSR count). The van der Waals surface area contributed by atoms with Gasteiger partial charge >= 0.3 is 0 Å². The Morgan fingerprint density at radius 1 is 1.25 bits per heavy atom. The van der Waals surface area contributed by atoms with Crippen molar-refractivity contribution in [1.29, 1.82) is 5.26 Å². The van der Waals surface area contributed by atoms with Crippen LogP contribution in [0, 0.1) is 17.2 Å². The third kappa shape index (κ3) is 3.36. The molecule has 5 heteroatoms. The van der Waals surface area contributed by atoms with Gasteiger partial charge in [-0.25, -0.2) is 0 Å². The maximum Gasteiger partial charge on any atom is 0.227 e. The molecule has 5 nitrogen and oxygen atoms in total. The molecule has 2 saturated heterocycles. The van der Waals surface area contributed by atoms with Crippen molar-refractivity contribution in [1.82, 2.24) is 4.90 Å². The average Bonchev–Trinajstić information content (AvgIpc) is 2.75. The molecule has 2 fully saturated rings. The zero-order chi connectivity index (χ0) is 19.5. The van der Waals surface area contributed by atoms with E-state index in [9.17, 15) is 15.2 Å². The van der Waals surface area contributed by atoms with Crippen molar-refractivity contribution in [3.8, 4) is 6.07 Å². The molecular formula is C23H28N2O3.